The average Bonchev–Trinajstić information content (AvgIpc) is 3.69. The minimum absolute atomic E-state index is 0. The molecule has 5 aromatic rings. The van der Waals surface area contributed by atoms with Crippen LogP contribution < -0.4 is 10.2 Å². The summed E-state index contributed by atoms with van der Waals surface area (Å²) in [6.07, 6.45) is 3.11. The number of nitrogens with zero attached hydrogens (tertiary/aromatic N) is 3. The molecule has 6 N–H and O–H groups in total. The monoisotopic (exact) mass is 1150 g/mol. The Kier molecular flexibility index (Phi) is 24.1. The summed E-state index contributed by atoms with van der Waals surface area (Å²) in [5, 5.41) is 23.7. The van der Waals surface area contributed by atoms with Gasteiger partial charge in [0.25, 0.3) is 10.1 Å². The van der Waals surface area contributed by atoms with Gasteiger partial charge in [-0.05, 0) is 68.3 Å². The van der Waals surface area contributed by atoms with E-state index in [1.165, 1.54) is 12.1 Å². The molecule has 0 saturated carbocycles. The van der Waals surface area contributed by atoms with Gasteiger partial charge in [0.1, 0.15) is 40.4 Å². The second kappa shape index (κ2) is 25.8. The Morgan fingerprint density at radius 1 is 0.836 bits per heavy atom. The number of ketones is 1. The fraction of sp³-hybridized carbons (Fsp3) is 0.270. The number of nitrogens with one attached hydrogen (secondary N) is 1. The SMILES string of the molecule is C.C.CS(=O)(=O)O.O=CNCC(=O)CC(O)(c1ccc(F)cc1F)C(F)(F)c1ccc(Br)cn1.O=[P+]([O-])P(=O)(O)O.OC(Cc1cnco1)(c1ccc(F)cc1F)C(F)(F)c1ccc(Br)cn1. The predicted molar refractivity (Wildman–Crippen MR) is 227 cm³/mol. The number of benzene rings is 2. The van der Waals surface area contributed by atoms with Gasteiger partial charge in [-0.2, -0.15) is 26.0 Å². The van der Waals surface area contributed by atoms with Crippen LogP contribution in [0, 0.1) is 23.3 Å². The molecular formula is C37H38Br2F8N4O13P2S. The molecule has 0 bridgehead atoms. The van der Waals surface area contributed by atoms with Crippen LogP contribution in [0.25, 0.3) is 0 Å². The first-order valence-electron chi connectivity index (χ1n) is 16.8. The summed E-state index contributed by atoms with van der Waals surface area (Å²) >= 11 is 6.11. The fourth-order valence-electron chi connectivity index (χ4n) is 5.03. The summed E-state index contributed by atoms with van der Waals surface area (Å²) in [4.78, 5) is 57.5. The summed E-state index contributed by atoms with van der Waals surface area (Å²) in [6, 6.07) is 8.05. The topological polar surface area (TPSA) is 290 Å². The van der Waals surface area contributed by atoms with Gasteiger partial charge in [-0.15, -0.1) is 0 Å². The van der Waals surface area contributed by atoms with E-state index in [1.54, 1.807) is 0 Å². The number of pyridine rings is 2. The van der Waals surface area contributed by atoms with Crippen LogP contribution >= 0.6 is 46.9 Å². The number of hydrogen-bond donors (Lipinski definition) is 6. The number of aromatic nitrogens is 3. The van der Waals surface area contributed by atoms with E-state index < -0.39 is 119 Å². The van der Waals surface area contributed by atoms with Crippen molar-refractivity contribution in [3.63, 3.8) is 0 Å². The van der Waals surface area contributed by atoms with Gasteiger partial charge in [0.05, 0.1) is 19.0 Å². The predicted octanol–water partition coefficient (Wildman–Crippen LogP) is 7.10. The van der Waals surface area contributed by atoms with Gasteiger partial charge in [0, 0.05) is 57.4 Å². The Balaban J connectivity index is 0.00000102. The lowest BCUT2D eigenvalue weighted by Gasteiger charge is -2.35. The van der Waals surface area contributed by atoms with Crippen molar-refractivity contribution in [2.45, 2.75) is 50.7 Å². The summed E-state index contributed by atoms with van der Waals surface area (Å²) < 4.78 is 166. The second-order valence-corrected chi connectivity index (χ2v) is 20.0. The highest BCUT2D eigenvalue weighted by Gasteiger charge is 2.59. The number of carbonyl (C=O) groups excluding carboxylic acids is 2. The Morgan fingerprint density at radius 3 is 1.57 bits per heavy atom. The maximum absolute atomic E-state index is 15.2. The molecule has 67 heavy (non-hydrogen) atoms. The lowest BCUT2D eigenvalue weighted by atomic mass is 9.80. The van der Waals surface area contributed by atoms with Gasteiger partial charge < -0.3 is 24.8 Å². The van der Waals surface area contributed by atoms with E-state index in [0.717, 1.165) is 49.2 Å². The summed E-state index contributed by atoms with van der Waals surface area (Å²) in [5.41, 5.74) is -9.93. The number of amides is 1. The molecule has 0 aliphatic heterocycles. The number of aliphatic hydroxyl groups is 2. The molecule has 3 aromatic heterocycles. The van der Waals surface area contributed by atoms with Crippen molar-refractivity contribution in [2.75, 3.05) is 12.8 Å². The molecule has 0 spiro atoms. The molecule has 2 aromatic carbocycles. The number of oxazole rings is 1. The van der Waals surface area contributed by atoms with E-state index in [4.69, 9.17) is 18.8 Å². The number of alkyl halides is 4. The molecule has 0 aliphatic rings. The molecule has 17 nitrogen and oxygen atoms in total. The van der Waals surface area contributed by atoms with E-state index in [9.17, 15) is 59.8 Å². The van der Waals surface area contributed by atoms with Crippen molar-refractivity contribution in [2.24, 2.45) is 0 Å². The highest BCUT2D eigenvalue weighted by molar-refractivity contribution is 9.10. The maximum Gasteiger partial charge on any atom is 0.561 e. The molecule has 3 atom stereocenters. The molecule has 30 heteroatoms. The first-order valence-corrected chi connectivity index (χ1v) is 23.8. The van der Waals surface area contributed by atoms with Crippen molar-refractivity contribution in [3.8, 4) is 0 Å². The van der Waals surface area contributed by atoms with Crippen molar-refractivity contribution >= 4 is 69.2 Å². The third-order valence-electron chi connectivity index (χ3n) is 7.85. The first-order chi connectivity index (χ1) is 29.8. The van der Waals surface area contributed by atoms with Crippen LogP contribution in [0.3, 0.4) is 0 Å². The minimum Gasteiger partial charge on any atom is -0.588 e. The molecule has 1 amide bonds. The smallest absolute Gasteiger partial charge is 0.561 e. The van der Waals surface area contributed by atoms with Crippen LogP contribution in [-0.4, -0.2) is 72.9 Å². The van der Waals surface area contributed by atoms with Crippen molar-refractivity contribution < 1.29 is 96.1 Å². The summed E-state index contributed by atoms with van der Waals surface area (Å²) in [7, 11) is -12.0. The molecular weight excluding hydrogens is 1110 g/mol. The van der Waals surface area contributed by atoms with Crippen LogP contribution in [0.15, 0.2) is 99.0 Å². The number of hydrogen-bond acceptors (Lipinski definition) is 13. The van der Waals surface area contributed by atoms with Gasteiger partial charge in [-0.1, -0.05) is 31.6 Å². The van der Waals surface area contributed by atoms with E-state index >= 15 is 17.6 Å². The van der Waals surface area contributed by atoms with Crippen LogP contribution in [0.1, 0.15) is 49.5 Å². The zero-order chi connectivity index (χ0) is 49.8. The zero-order valence-electron chi connectivity index (χ0n) is 32.2. The Labute approximate surface area is 393 Å². The molecule has 370 valence electrons. The third-order valence-corrected chi connectivity index (χ3v) is 10.5. The maximum atomic E-state index is 15.2. The van der Waals surface area contributed by atoms with E-state index in [2.05, 4.69) is 46.8 Å². The van der Waals surface area contributed by atoms with Crippen LogP contribution in [0.2, 0.25) is 0 Å². The lowest BCUT2D eigenvalue weighted by Crippen LogP contribution is -2.47. The normalized spacial score (nSPS) is 13.4. The van der Waals surface area contributed by atoms with Crippen LogP contribution in [-0.2, 0) is 58.3 Å². The number of Topliss-reactive ketones (excluding diaryl/α,β-unsaturated/α-hetero) is 1. The van der Waals surface area contributed by atoms with Crippen LogP contribution in [0.5, 0.6) is 0 Å². The molecule has 0 radical (unpaired) electrons. The Hall–Kier alpha value is -4.47. The van der Waals surface area contributed by atoms with E-state index in [1.807, 2.05) is 5.32 Å². The molecule has 0 aliphatic carbocycles. The molecule has 3 unspecified atom stereocenters. The van der Waals surface area contributed by atoms with Gasteiger partial charge in [0.2, 0.25) is 6.41 Å². The first kappa shape index (κ1) is 62.5. The minimum atomic E-state index is -4.78. The van der Waals surface area contributed by atoms with Gasteiger partial charge in [0.15, 0.2) is 23.4 Å². The number of halogens is 10. The van der Waals surface area contributed by atoms with Gasteiger partial charge >= 0.3 is 26.8 Å². The van der Waals surface area contributed by atoms with Crippen molar-refractivity contribution in [1.29, 1.82) is 0 Å². The Morgan fingerprint density at radius 2 is 1.24 bits per heavy atom. The molecule has 0 saturated heterocycles. The molecule has 5 rings (SSSR count). The fourth-order valence-corrected chi connectivity index (χ4v) is 5.50. The quantitative estimate of drug-likeness (QED) is 0.0280. The standard InChI is InChI=1S/C17H13BrF4N2O3.C17H11BrF4N2O2.CH4O3S.2CH4.H2O5P2/c18-10-1-4-15(24-7-10)17(21,22)16(27,6-12(26)8-23-9-25)13-3-2-11(19)5-14(13)20;18-10-1-4-15(24-7-10)17(21,22)16(25,6-12-8-23-9-26-12)13-3-2-11(19)5-14(13)20;1-5(2,3)4;;;1-6(2)7(3,4)5/h1-5,7,9,27H,6,8H2,(H,23,25);1-5,7-9,25H,6H2;1H3,(H,2,3,4);2*1H4;(H2,3,4,5). The highest BCUT2D eigenvalue weighted by Crippen LogP contribution is 2.56. The van der Waals surface area contributed by atoms with E-state index in [-0.39, 0.29) is 27.0 Å². The molecule has 3 heterocycles. The third kappa shape index (κ3) is 17.8. The zero-order valence-corrected chi connectivity index (χ0v) is 38.0. The number of rotatable bonds is 14. The van der Waals surface area contributed by atoms with Gasteiger partial charge in [-0.25, -0.2) is 27.1 Å². The Bertz CT molecular complexity index is 2580. The summed E-state index contributed by atoms with van der Waals surface area (Å²) in [5.74, 6) is -14.1. The average molecular weight is 1150 g/mol. The van der Waals surface area contributed by atoms with Crippen LogP contribution in [0.4, 0.5) is 35.1 Å². The van der Waals surface area contributed by atoms with E-state index in [0.29, 0.717) is 39.5 Å². The number of carbonyl (C=O) groups is 2. The highest BCUT2D eigenvalue weighted by atomic mass is 79.9. The van der Waals surface area contributed by atoms with Crippen molar-refractivity contribution in [1.82, 2.24) is 20.3 Å². The lowest BCUT2D eigenvalue weighted by molar-refractivity contribution is -0.203. The summed E-state index contributed by atoms with van der Waals surface area (Å²) in [6.45, 7) is -0.654. The van der Waals surface area contributed by atoms with Gasteiger partial charge in [-0.3, -0.25) is 33.9 Å². The largest absolute Gasteiger partial charge is 0.588 e. The van der Waals surface area contributed by atoms with Crippen molar-refractivity contribution in [3.05, 3.63) is 146 Å². The second-order valence-electron chi connectivity index (χ2n) is 12.7. The molecule has 0 fully saturated rings.